The van der Waals surface area contributed by atoms with E-state index in [1.807, 2.05) is 19.0 Å². The third-order valence-electron chi connectivity index (χ3n) is 3.71. The molecule has 0 unspecified atom stereocenters. The molecule has 18 heavy (non-hydrogen) atoms. The van der Waals surface area contributed by atoms with Crippen LogP contribution in [-0.4, -0.2) is 31.4 Å². The zero-order valence-electron chi connectivity index (χ0n) is 11.5. The van der Waals surface area contributed by atoms with Gasteiger partial charge >= 0.3 is 0 Å². The first kappa shape index (κ1) is 13.1. The lowest BCUT2D eigenvalue weighted by Crippen LogP contribution is -2.38. The SMILES string of the molecule is CNCC1(C(=O)N(C)Cc2ccc(C)cc2)CC1. The third-order valence-corrected chi connectivity index (χ3v) is 3.71. The first-order chi connectivity index (χ1) is 8.57. The van der Waals surface area contributed by atoms with E-state index in [1.54, 1.807) is 0 Å². The predicted octanol–water partition coefficient (Wildman–Crippen LogP) is 1.95. The van der Waals surface area contributed by atoms with E-state index in [2.05, 4.69) is 36.5 Å². The van der Waals surface area contributed by atoms with Crippen molar-refractivity contribution in [2.45, 2.75) is 26.3 Å². The summed E-state index contributed by atoms with van der Waals surface area (Å²) in [5.41, 5.74) is 2.33. The number of nitrogens with zero attached hydrogens (tertiary/aromatic N) is 1. The van der Waals surface area contributed by atoms with Crippen molar-refractivity contribution in [3.05, 3.63) is 35.4 Å². The number of carbonyl (C=O) groups is 1. The molecule has 1 amide bonds. The average Bonchev–Trinajstić information content (AvgIpc) is 3.12. The monoisotopic (exact) mass is 246 g/mol. The van der Waals surface area contributed by atoms with Gasteiger partial charge in [-0.1, -0.05) is 29.8 Å². The fourth-order valence-electron chi connectivity index (χ4n) is 2.40. The standard InChI is InChI=1S/C15H22N2O/c1-12-4-6-13(7-5-12)10-17(3)14(18)15(8-9-15)11-16-2/h4-7,16H,8-11H2,1-3H3. The molecule has 1 aliphatic rings. The number of nitrogens with one attached hydrogen (secondary N) is 1. The Kier molecular flexibility index (Phi) is 3.71. The molecule has 0 bridgehead atoms. The van der Waals surface area contributed by atoms with Crippen LogP contribution in [0.5, 0.6) is 0 Å². The van der Waals surface area contributed by atoms with Gasteiger partial charge in [-0.05, 0) is 32.4 Å². The molecule has 0 saturated heterocycles. The van der Waals surface area contributed by atoms with E-state index >= 15 is 0 Å². The van der Waals surface area contributed by atoms with Gasteiger partial charge in [0.05, 0.1) is 5.41 Å². The molecule has 1 N–H and O–H groups in total. The lowest BCUT2D eigenvalue weighted by molar-refractivity contribution is -0.136. The Morgan fingerprint density at radius 3 is 2.44 bits per heavy atom. The Bertz CT molecular complexity index is 421. The summed E-state index contributed by atoms with van der Waals surface area (Å²) in [6.45, 7) is 3.57. The zero-order chi connectivity index (χ0) is 13.2. The molecule has 1 aliphatic carbocycles. The second-order valence-corrected chi connectivity index (χ2v) is 5.46. The van der Waals surface area contributed by atoms with Crippen LogP contribution in [0, 0.1) is 12.3 Å². The van der Waals surface area contributed by atoms with Gasteiger partial charge in [-0.15, -0.1) is 0 Å². The maximum atomic E-state index is 12.4. The van der Waals surface area contributed by atoms with Crippen molar-refractivity contribution in [3.8, 4) is 0 Å². The van der Waals surface area contributed by atoms with Crippen LogP contribution in [0.25, 0.3) is 0 Å². The maximum absolute atomic E-state index is 12.4. The minimum Gasteiger partial charge on any atom is -0.341 e. The van der Waals surface area contributed by atoms with Crippen molar-refractivity contribution in [3.63, 3.8) is 0 Å². The van der Waals surface area contributed by atoms with Crippen LogP contribution < -0.4 is 5.32 Å². The van der Waals surface area contributed by atoms with Crippen LogP contribution in [0.3, 0.4) is 0 Å². The quantitative estimate of drug-likeness (QED) is 0.861. The van der Waals surface area contributed by atoms with E-state index in [9.17, 15) is 4.79 Å². The molecular weight excluding hydrogens is 224 g/mol. The number of rotatable bonds is 5. The van der Waals surface area contributed by atoms with Crippen LogP contribution in [0.4, 0.5) is 0 Å². The van der Waals surface area contributed by atoms with Crippen molar-refractivity contribution in [2.24, 2.45) is 5.41 Å². The van der Waals surface area contributed by atoms with Crippen LogP contribution in [-0.2, 0) is 11.3 Å². The number of hydrogen-bond donors (Lipinski definition) is 1. The van der Waals surface area contributed by atoms with Gasteiger partial charge in [0, 0.05) is 20.1 Å². The molecular formula is C15H22N2O. The summed E-state index contributed by atoms with van der Waals surface area (Å²) < 4.78 is 0. The largest absolute Gasteiger partial charge is 0.341 e. The zero-order valence-corrected chi connectivity index (χ0v) is 11.5. The van der Waals surface area contributed by atoms with Crippen molar-refractivity contribution in [2.75, 3.05) is 20.6 Å². The number of amides is 1. The molecule has 3 nitrogen and oxygen atoms in total. The molecule has 0 atom stereocenters. The highest BCUT2D eigenvalue weighted by Gasteiger charge is 2.50. The molecule has 0 radical (unpaired) electrons. The van der Waals surface area contributed by atoms with Gasteiger partial charge in [-0.3, -0.25) is 4.79 Å². The number of aryl methyl sites for hydroxylation is 1. The topological polar surface area (TPSA) is 32.3 Å². The molecule has 0 spiro atoms. The third kappa shape index (κ3) is 2.72. The molecule has 2 rings (SSSR count). The summed E-state index contributed by atoms with van der Waals surface area (Å²) >= 11 is 0. The van der Waals surface area contributed by atoms with Gasteiger partial charge in [0.25, 0.3) is 0 Å². The molecule has 1 fully saturated rings. The van der Waals surface area contributed by atoms with Crippen LogP contribution in [0.2, 0.25) is 0 Å². The van der Waals surface area contributed by atoms with E-state index in [-0.39, 0.29) is 11.3 Å². The molecule has 1 aromatic carbocycles. The Morgan fingerprint density at radius 1 is 1.33 bits per heavy atom. The predicted molar refractivity (Wildman–Crippen MR) is 73.2 cm³/mol. The minimum absolute atomic E-state index is 0.117. The minimum atomic E-state index is -0.117. The van der Waals surface area contributed by atoms with E-state index < -0.39 is 0 Å². The first-order valence-electron chi connectivity index (χ1n) is 6.53. The highest BCUT2D eigenvalue weighted by molar-refractivity contribution is 5.85. The summed E-state index contributed by atoms with van der Waals surface area (Å²) in [7, 11) is 3.81. The smallest absolute Gasteiger partial charge is 0.230 e. The van der Waals surface area contributed by atoms with Crippen LogP contribution in [0.1, 0.15) is 24.0 Å². The maximum Gasteiger partial charge on any atom is 0.230 e. The molecule has 3 heteroatoms. The summed E-state index contributed by atoms with van der Waals surface area (Å²) in [4.78, 5) is 14.2. The highest BCUT2D eigenvalue weighted by atomic mass is 16.2. The van der Waals surface area contributed by atoms with Crippen molar-refractivity contribution >= 4 is 5.91 Å². The van der Waals surface area contributed by atoms with Gasteiger partial charge < -0.3 is 10.2 Å². The highest BCUT2D eigenvalue weighted by Crippen LogP contribution is 2.46. The van der Waals surface area contributed by atoms with Crippen LogP contribution >= 0.6 is 0 Å². The second-order valence-electron chi connectivity index (χ2n) is 5.46. The van der Waals surface area contributed by atoms with Crippen molar-refractivity contribution in [1.29, 1.82) is 0 Å². The number of carbonyl (C=O) groups excluding carboxylic acids is 1. The fourth-order valence-corrected chi connectivity index (χ4v) is 2.40. The molecule has 0 aliphatic heterocycles. The first-order valence-corrected chi connectivity index (χ1v) is 6.53. The summed E-state index contributed by atoms with van der Waals surface area (Å²) in [6, 6.07) is 8.37. The summed E-state index contributed by atoms with van der Waals surface area (Å²) in [5.74, 6) is 0.275. The van der Waals surface area contributed by atoms with Gasteiger partial charge in [0.15, 0.2) is 0 Å². The van der Waals surface area contributed by atoms with Crippen LogP contribution in [0.15, 0.2) is 24.3 Å². The normalized spacial score (nSPS) is 16.4. The molecule has 0 heterocycles. The Labute approximate surface area is 109 Å². The van der Waals surface area contributed by atoms with Crippen molar-refractivity contribution in [1.82, 2.24) is 10.2 Å². The van der Waals surface area contributed by atoms with Gasteiger partial charge in [-0.25, -0.2) is 0 Å². The van der Waals surface area contributed by atoms with E-state index in [0.717, 1.165) is 19.4 Å². The summed E-state index contributed by atoms with van der Waals surface area (Å²) in [6.07, 6.45) is 2.04. The van der Waals surface area contributed by atoms with E-state index in [4.69, 9.17) is 0 Å². The molecule has 98 valence electrons. The number of benzene rings is 1. The Hall–Kier alpha value is -1.35. The molecule has 0 aromatic heterocycles. The van der Waals surface area contributed by atoms with Crippen molar-refractivity contribution < 1.29 is 4.79 Å². The lowest BCUT2D eigenvalue weighted by Gasteiger charge is -2.23. The van der Waals surface area contributed by atoms with Gasteiger partial charge in [-0.2, -0.15) is 0 Å². The van der Waals surface area contributed by atoms with Gasteiger partial charge in [0.1, 0.15) is 0 Å². The number of hydrogen-bond acceptors (Lipinski definition) is 2. The average molecular weight is 246 g/mol. The van der Waals surface area contributed by atoms with Gasteiger partial charge in [0.2, 0.25) is 5.91 Å². The fraction of sp³-hybridized carbons (Fsp3) is 0.533. The lowest BCUT2D eigenvalue weighted by atomic mass is 10.1. The Morgan fingerprint density at radius 2 is 1.94 bits per heavy atom. The molecule has 1 aromatic rings. The Balaban J connectivity index is 1.97. The van der Waals surface area contributed by atoms with E-state index in [0.29, 0.717) is 6.54 Å². The molecule has 1 saturated carbocycles. The summed E-state index contributed by atoms with van der Waals surface area (Å²) in [5, 5.41) is 3.13. The van der Waals surface area contributed by atoms with E-state index in [1.165, 1.54) is 11.1 Å². The second kappa shape index (κ2) is 5.11.